The van der Waals surface area contributed by atoms with Gasteiger partial charge in [0.05, 0.1) is 24.3 Å². The number of hydrogen-bond donors (Lipinski definition) is 5. The Kier molecular flexibility index (Phi) is 13.2. The number of nitrogens with zero attached hydrogens (tertiary/aromatic N) is 1. The second kappa shape index (κ2) is 16.2. The van der Waals surface area contributed by atoms with Crippen LogP contribution >= 0.6 is 0 Å². The predicted molar refractivity (Wildman–Crippen MR) is 172 cm³/mol. The van der Waals surface area contributed by atoms with Crippen LogP contribution in [0.15, 0.2) is 4.99 Å². The Labute approximate surface area is 264 Å². The summed E-state index contributed by atoms with van der Waals surface area (Å²) >= 11 is 0. The fourth-order valence-electron chi connectivity index (χ4n) is 7.19. The molecule has 0 spiro atoms. The third-order valence-electron chi connectivity index (χ3n) is 9.84. The summed E-state index contributed by atoms with van der Waals surface area (Å²) in [6.07, 6.45) is 6.40. The molecule has 0 aromatic rings. The van der Waals surface area contributed by atoms with E-state index >= 15 is 0 Å². The number of unbranched alkanes of at least 4 members (excludes halogenated alkanes) is 2. The summed E-state index contributed by atoms with van der Waals surface area (Å²) in [5.41, 5.74) is 5.60. The molecule has 4 aliphatic rings. The Balaban J connectivity index is 1.58. The SMILES string of the molecule is CCOC(=O)CCCCCNC(=O)N[C@@H](CCCNC(N)=NC)C(=O)N[C@@H](CC(C)C)B1O[C@@H]2C[C@@H]3C[C@@H](C3(C)C)[C@]2(C)O1. The minimum Gasteiger partial charge on any atom is -0.466 e. The minimum absolute atomic E-state index is 0.0181. The van der Waals surface area contributed by atoms with Gasteiger partial charge in [-0.3, -0.25) is 14.6 Å². The van der Waals surface area contributed by atoms with Crippen molar-refractivity contribution in [3.05, 3.63) is 0 Å². The van der Waals surface area contributed by atoms with Crippen molar-refractivity contribution in [2.45, 2.75) is 123 Å². The molecule has 3 saturated carbocycles. The molecule has 0 unspecified atom stereocenters. The first-order valence-corrected chi connectivity index (χ1v) is 16.6. The number of urea groups is 1. The first kappa shape index (κ1) is 35.9. The zero-order valence-corrected chi connectivity index (χ0v) is 28.0. The number of carbonyl (C=O) groups excluding carboxylic acids is 3. The van der Waals surface area contributed by atoms with Crippen LogP contribution in [0.2, 0.25) is 0 Å². The highest BCUT2D eigenvalue weighted by molar-refractivity contribution is 6.48. The van der Waals surface area contributed by atoms with Crippen molar-refractivity contribution >= 4 is 31.0 Å². The maximum absolute atomic E-state index is 13.7. The van der Waals surface area contributed by atoms with Gasteiger partial charge in [0.25, 0.3) is 0 Å². The van der Waals surface area contributed by atoms with Crippen LogP contribution in [0.25, 0.3) is 0 Å². The number of esters is 1. The van der Waals surface area contributed by atoms with Crippen LogP contribution in [0, 0.1) is 23.2 Å². The number of nitrogens with two attached hydrogens (primary N) is 1. The number of amides is 3. The van der Waals surface area contributed by atoms with Gasteiger partial charge < -0.3 is 41.0 Å². The van der Waals surface area contributed by atoms with Crippen LogP contribution in [0.4, 0.5) is 4.79 Å². The number of hydrogen-bond acceptors (Lipinski definition) is 7. The second-order valence-electron chi connectivity index (χ2n) is 13.8. The molecular weight excluding hydrogens is 563 g/mol. The van der Waals surface area contributed by atoms with Gasteiger partial charge in [-0.25, -0.2) is 4.79 Å². The lowest BCUT2D eigenvalue weighted by Crippen LogP contribution is -2.65. The van der Waals surface area contributed by atoms with E-state index in [9.17, 15) is 14.4 Å². The van der Waals surface area contributed by atoms with Gasteiger partial charge in [-0.2, -0.15) is 0 Å². The van der Waals surface area contributed by atoms with Gasteiger partial charge in [-0.15, -0.1) is 0 Å². The number of rotatable bonds is 17. The summed E-state index contributed by atoms with van der Waals surface area (Å²) in [5.74, 6) is 0.860. The first-order valence-electron chi connectivity index (χ1n) is 16.6. The molecule has 6 N–H and O–H groups in total. The monoisotopic (exact) mass is 620 g/mol. The molecule has 0 radical (unpaired) electrons. The highest BCUT2D eigenvalue weighted by Gasteiger charge is 2.68. The molecule has 44 heavy (non-hydrogen) atoms. The quantitative estimate of drug-likeness (QED) is 0.0545. The van der Waals surface area contributed by atoms with Crippen molar-refractivity contribution in [1.29, 1.82) is 0 Å². The summed E-state index contributed by atoms with van der Waals surface area (Å²) in [6.45, 7) is 14.2. The van der Waals surface area contributed by atoms with E-state index in [-0.39, 0.29) is 34.9 Å². The molecule has 3 aliphatic carbocycles. The van der Waals surface area contributed by atoms with Crippen molar-refractivity contribution in [2.75, 3.05) is 26.7 Å². The van der Waals surface area contributed by atoms with Gasteiger partial charge in [0.1, 0.15) is 6.04 Å². The Morgan fingerprint density at radius 3 is 2.43 bits per heavy atom. The summed E-state index contributed by atoms with van der Waals surface area (Å²) in [5, 5.41) is 11.9. The van der Waals surface area contributed by atoms with Gasteiger partial charge in [0.2, 0.25) is 5.91 Å². The van der Waals surface area contributed by atoms with E-state index in [2.05, 4.69) is 60.9 Å². The van der Waals surface area contributed by atoms with E-state index in [4.69, 9.17) is 19.8 Å². The maximum Gasteiger partial charge on any atom is 0.481 e. The molecule has 4 rings (SSSR count). The molecule has 0 aromatic heterocycles. The summed E-state index contributed by atoms with van der Waals surface area (Å²) in [6, 6.07) is -1.17. The molecule has 1 heterocycles. The number of guanidine groups is 1. The standard InChI is InChI=1S/C31H57BN6O6/c1-8-42-26(39)14-10-9-11-15-36-29(41)37-22(13-12-16-35-28(33)34-7)27(40)38-25(17-20(2)3)32-43-24-19-21-18-23(30(21,4)5)31(24,6)44-32/h20-25H,8-19H2,1-7H3,(H,38,40)(H3,33,34,35)(H2,36,37,41)/t21-,22-,23-,24+,25-,31-/m0/s1. The van der Waals surface area contributed by atoms with Gasteiger partial charge in [-0.1, -0.05) is 34.1 Å². The van der Waals surface area contributed by atoms with Crippen molar-refractivity contribution in [3.8, 4) is 0 Å². The molecule has 6 atom stereocenters. The third kappa shape index (κ3) is 9.25. The lowest BCUT2D eigenvalue weighted by atomic mass is 9.43. The molecule has 13 heteroatoms. The van der Waals surface area contributed by atoms with E-state index in [1.54, 1.807) is 14.0 Å². The lowest BCUT2D eigenvalue weighted by molar-refractivity contribution is -0.199. The average molecular weight is 621 g/mol. The Bertz CT molecular complexity index is 1010. The number of carbonyl (C=O) groups is 3. The highest BCUT2D eigenvalue weighted by atomic mass is 16.7. The number of ether oxygens (including phenoxy) is 1. The fourth-order valence-corrected chi connectivity index (χ4v) is 7.19. The normalized spacial score (nSPS) is 26.7. The Hall–Kier alpha value is -2.54. The van der Waals surface area contributed by atoms with Crippen LogP contribution in [0.3, 0.4) is 0 Å². The summed E-state index contributed by atoms with van der Waals surface area (Å²) < 4.78 is 18.2. The fraction of sp³-hybridized carbons (Fsp3) is 0.871. The zero-order chi connectivity index (χ0) is 32.5. The Morgan fingerprint density at radius 1 is 1.05 bits per heavy atom. The largest absolute Gasteiger partial charge is 0.481 e. The summed E-state index contributed by atoms with van der Waals surface area (Å²) in [7, 11) is 1.06. The first-order chi connectivity index (χ1) is 20.8. The van der Waals surface area contributed by atoms with Crippen LogP contribution in [-0.2, 0) is 23.6 Å². The third-order valence-corrected chi connectivity index (χ3v) is 9.84. The predicted octanol–water partition coefficient (Wildman–Crippen LogP) is 2.89. The van der Waals surface area contributed by atoms with Gasteiger partial charge in [-0.05, 0) is 82.0 Å². The topological polar surface area (TPSA) is 165 Å². The van der Waals surface area contributed by atoms with Gasteiger partial charge in [0, 0.05) is 26.6 Å². The smallest absolute Gasteiger partial charge is 0.466 e. The molecule has 4 fully saturated rings. The van der Waals surface area contributed by atoms with Crippen LogP contribution in [-0.4, -0.2) is 81.4 Å². The molecule has 1 aliphatic heterocycles. The Morgan fingerprint density at radius 2 is 1.77 bits per heavy atom. The van der Waals surface area contributed by atoms with Crippen molar-refractivity contribution in [3.63, 3.8) is 0 Å². The van der Waals surface area contributed by atoms with Crippen molar-refractivity contribution in [2.24, 2.45) is 33.9 Å². The average Bonchev–Trinajstić information content (AvgIpc) is 3.33. The maximum atomic E-state index is 13.7. The zero-order valence-electron chi connectivity index (χ0n) is 28.0. The molecule has 250 valence electrons. The van der Waals surface area contributed by atoms with E-state index in [1.165, 1.54) is 0 Å². The lowest BCUT2D eigenvalue weighted by Gasteiger charge is -2.64. The van der Waals surface area contributed by atoms with Gasteiger partial charge in [0.15, 0.2) is 5.96 Å². The second-order valence-corrected chi connectivity index (χ2v) is 13.8. The van der Waals surface area contributed by atoms with Crippen LogP contribution in [0.1, 0.15) is 99.3 Å². The van der Waals surface area contributed by atoms with E-state index in [0.717, 1.165) is 19.3 Å². The molecule has 0 aromatic carbocycles. The number of aliphatic imine (C=N–C) groups is 1. The van der Waals surface area contributed by atoms with Crippen molar-refractivity contribution < 1.29 is 28.4 Å². The van der Waals surface area contributed by atoms with E-state index < -0.39 is 19.2 Å². The molecule has 3 amide bonds. The molecule has 2 bridgehead atoms. The van der Waals surface area contributed by atoms with E-state index in [1.807, 2.05) is 0 Å². The van der Waals surface area contributed by atoms with Crippen LogP contribution in [0.5, 0.6) is 0 Å². The molecular formula is C31H57BN6O6. The molecule has 1 saturated heterocycles. The minimum atomic E-state index is -0.763. The van der Waals surface area contributed by atoms with Gasteiger partial charge >= 0.3 is 19.1 Å². The van der Waals surface area contributed by atoms with Crippen molar-refractivity contribution in [1.82, 2.24) is 21.3 Å². The van der Waals surface area contributed by atoms with Crippen LogP contribution < -0.4 is 27.0 Å². The summed E-state index contributed by atoms with van der Waals surface area (Å²) in [4.78, 5) is 42.0. The van der Waals surface area contributed by atoms with E-state index in [0.29, 0.717) is 81.9 Å². The number of nitrogens with one attached hydrogen (secondary N) is 4. The highest BCUT2D eigenvalue weighted by Crippen LogP contribution is 2.65. The molecule has 12 nitrogen and oxygen atoms in total.